The first-order valence-corrected chi connectivity index (χ1v) is 22.6. The summed E-state index contributed by atoms with van der Waals surface area (Å²) in [5.74, 6) is 0. The zero-order valence-electron chi connectivity index (χ0n) is 35.5. The summed E-state index contributed by atoms with van der Waals surface area (Å²) in [4.78, 5) is 2.62. The maximum atomic E-state index is 6.77. The van der Waals surface area contributed by atoms with Gasteiger partial charge in [-0.2, -0.15) is 0 Å². The predicted octanol–water partition coefficient (Wildman–Crippen LogP) is 14.8. The average Bonchev–Trinajstić information content (AvgIpc) is 4.02. The molecule has 0 saturated carbocycles. The van der Waals surface area contributed by atoms with Crippen molar-refractivity contribution in [2.24, 2.45) is 0 Å². The SMILES string of the molecule is CC(C)(C)c1ccc(N2B3c4cc5oc6ccccc6c5cc4-n4c5ccc(C(C)(C)C)cc5c5c6c(sc7ccccc76)c(c3c54)-c3cc4c(cc32)oc2ccccc24)cc1. The van der Waals surface area contributed by atoms with E-state index in [0.717, 1.165) is 55.3 Å². The molecule has 62 heavy (non-hydrogen) atoms. The Hall–Kier alpha value is -6.76. The van der Waals surface area contributed by atoms with Crippen LogP contribution in [0.4, 0.5) is 11.4 Å². The summed E-state index contributed by atoms with van der Waals surface area (Å²) in [6.45, 7) is 13.7. The third-order valence-electron chi connectivity index (χ3n) is 14.1. The minimum Gasteiger partial charge on any atom is -0.456 e. The van der Waals surface area contributed by atoms with Crippen molar-refractivity contribution in [1.29, 1.82) is 0 Å². The fourth-order valence-electron chi connectivity index (χ4n) is 11.1. The van der Waals surface area contributed by atoms with E-state index >= 15 is 0 Å². The maximum Gasteiger partial charge on any atom is 0.333 e. The summed E-state index contributed by atoms with van der Waals surface area (Å²) in [7, 11) is 0. The molecule has 0 saturated heterocycles. The summed E-state index contributed by atoms with van der Waals surface area (Å²) in [5, 5.41) is 9.84. The molecule has 6 heteroatoms. The van der Waals surface area contributed by atoms with Crippen molar-refractivity contribution in [2.45, 2.75) is 52.4 Å². The van der Waals surface area contributed by atoms with Crippen molar-refractivity contribution < 1.29 is 8.83 Å². The molecule has 0 aliphatic carbocycles. The first kappa shape index (κ1) is 34.9. The monoisotopic (exact) mass is 816 g/mol. The molecule has 4 aromatic heterocycles. The van der Waals surface area contributed by atoms with Crippen LogP contribution < -0.4 is 15.7 Å². The lowest BCUT2D eigenvalue weighted by molar-refractivity contribution is 0.590. The highest BCUT2D eigenvalue weighted by Gasteiger charge is 2.46. The Morgan fingerprint density at radius 2 is 1.15 bits per heavy atom. The average molecular weight is 817 g/mol. The largest absolute Gasteiger partial charge is 0.456 e. The number of fused-ring (bicyclic) bond motifs is 19. The maximum absolute atomic E-state index is 6.77. The minimum absolute atomic E-state index is 0.0154. The fraction of sp³-hybridized carbons (Fsp3) is 0.143. The van der Waals surface area contributed by atoms with Crippen LogP contribution in [0, 0.1) is 0 Å². The Morgan fingerprint density at radius 1 is 0.516 bits per heavy atom. The van der Waals surface area contributed by atoms with Crippen molar-refractivity contribution in [3.63, 3.8) is 0 Å². The van der Waals surface area contributed by atoms with Crippen molar-refractivity contribution in [3.8, 4) is 16.8 Å². The second kappa shape index (κ2) is 11.6. The van der Waals surface area contributed by atoms with Crippen molar-refractivity contribution in [2.75, 3.05) is 4.81 Å². The Labute approximate surface area is 362 Å². The molecular formula is C56H41BN2O2S. The number of anilines is 2. The smallest absolute Gasteiger partial charge is 0.333 e. The van der Waals surface area contributed by atoms with E-state index in [-0.39, 0.29) is 17.7 Å². The van der Waals surface area contributed by atoms with Gasteiger partial charge in [0, 0.05) is 86.7 Å². The molecule has 0 unspecified atom stereocenters. The van der Waals surface area contributed by atoms with E-state index in [9.17, 15) is 0 Å². The molecule has 2 aliphatic heterocycles. The summed E-state index contributed by atoms with van der Waals surface area (Å²) < 4.78 is 18.8. The highest BCUT2D eigenvalue weighted by molar-refractivity contribution is 7.27. The topological polar surface area (TPSA) is 34.5 Å². The number of hydrogen-bond donors (Lipinski definition) is 0. The number of benzene rings is 8. The first-order chi connectivity index (χ1) is 30.0. The van der Waals surface area contributed by atoms with Crippen LogP contribution in [0.5, 0.6) is 0 Å². The first-order valence-electron chi connectivity index (χ1n) is 21.8. The van der Waals surface area contributed by atoms with E-state index in [1.807, 2.05) is 11.3 Å². The van der Waals surface area contributed by atoms with Crippen LogP contribution in [-0.4, -0.2) is 11.4 Å². The Kier molecular flexibility index (Phi) is 6.52. The molecule has 0 radical (unpaired) electrons. The van der Waals surface area contributed by atoms with Crippen LogP contribution in [0.2, 0.25) is 0 Å². The molecule has 296 valence electrons. The highest BCUT2D eigenvalue weighted by Crippen LogP contribution is 2.54. The van der Waals surface area contributed by atoms with Gasteiger partial charge in [-0.15, -0.1) is 11.3 Å². The van der Waals surface area contributed by atoms with Crippen LogP contribution >= 0.6 is 11.3 Å². The normalized spacial score (nSPS) is 13.9. The standard InChI is InChI=1S/C56H41BN2O2S/c1-55(2,3)30-19-22-32(23-20-30)59-42-29-47-36(33-13-7-10-16-44(33)61-47)26-39(42)51-52-53-49(50-35-15-9-12-18-48(35)62-54(50)51)38-25-31(56(4,5)6)21-24-41(38)58(53)43-27-37-34-14-8-11-17-45(34)60-46(37)28-40(43)57(52)59/h7-29H,1-6H3. The predicted molar refractivity (Wildman–Crippen MR) is 265 cm³/mol. The van der Waals surface area contributed by atoms with Crippen LogP contribution in [0.3, 0.4) is 0 Å². The molecule has 12 aromatic rings. The number of aromatic nitrogens is 1. The van der Waals surface area contributed by atoms with Crippen LogP contribution in [0.1, 0.15) is 52.7 Å². The highest BCUT2D eigenvalue weighted by atomic mass is 32.1. The Morgan fingerprint density at radius 3 is 1.85 bits per heavy atom. The lowest BCUT2D eigenvalue weighted by atomic mass is 9.44. The van der Waals surface area contributed by atoms with Gasteiger partial charge in [0.05, 0.1) is 11.0 Å². The molecule has 8 aromatic carbocycles. The van der Waals surface area contributed by atoms with Gasteiger partial charge in [-0.1, -0.05) is 114 Å². The van der Waals surface area contributed by atoms with Gasteiger partial charge < -0.3 is 18.2 Å². The van der Waals surface area contributed by atoms with Gasteiger partial charge in [0.1, 0.15) is 22.3 Å². The summed E-state index contributed by atoms with van der Waals surface area (Å²) >= 11 is 1.94. The summed E-state index contributed by atoms with van der Waals surface area (Å²) in [6.07, 6.45) is 0. The molecule has 0 atom stereocenters. The molecule has 0 bridgehead atoms. The molecular weight excluding hydrogens is 776 g/mol. The molecule has 2 aliphatic rings. The van der Waals surface area contributed by atoms with Gasteiger partial charge in [-0.3, -0.25) is 0 Å². The van der Waals surface area contributed by atoms with E-state index in [4.69, 9.17) is 8.83 Å². The summed E-state index contributed by atoms with van der Waals surface area (Å²) in [5.41, 5.74) is 17.4. The van der Waals surface area contributed by atoms with Crippen molar-refractivity contribution in [1.82, 2.24) is 4.57 Å². The van der Waals surface area contributed by atoms with Gasteiger partial charge in [0.25, 0.3) is 0 Å². The van der Waals surface area contributed by atoms with Crippen molar-refractivity contribution in [3.05, 3.63) is 151 Å². The second-order valence-electron chi connectivity index (χ2n) is 19.7. The number of furan rings is 2. The van der Waals surface area contributed by atoms with Gasteiger partial charge in [-0.05, 0) is 93.5 Å². The fourth-order valence-corrected chi connectivity index (χ4v) is 12.4. The van der Waals surface area contributed by atoms with E-state index in [2.05, 4.69) is 190 Å². The number of para-hydroxylation sites is 2. The van der Waals surface area contributed by atoms with Crippen LogP contribution in [-0.2, 0) is 10.8 Å². The van der Waals surface area contributed by atoms with Crippen LogP contribution in [0.25, 0.3) is 103 Å². The number of hydrogen-bond acceptors (Lipinski definition) is 4. The number of rotatable bonds is 1. The molecule has 0 amide bonds. The van der Waals surface area contributed by atoms with E-state index in [1.54, 1.807) is 0 Å². The zero-order valence-corrected chi connectivity index (χ0v) is 36.3. The second-order valence-corrected chi connectivity index (χ2v) is 20.7. The molecule has 14 rings (SSSR count). The Balaban J connectivity index is 1.24. The molecule has 0 spiro atoms. The van der Waals surface area contributed by atoms with Crippen LogP contribution in [0.15, 0.2) is 148 Å². The quantitative estimate of drug-likeness (QED) is 0.155. The molecule has 4 nitrogen and oxygen atoms in total. The van der Waals surface area contributed by atoms with E-state index in [1.165, 1.54) is 80.8 Å². The molecule has 0 fully saturated rings. The number of nitrogens with zero attached hydrogens (tertiary/aromatic N) is 2. The van der Waals surface area contributed by atoms with E-state index < -0.39 is 0 Å². The lowest BCUT2D eigenvalue weighted by Crippen LogP contribution is -2.60. The Bertz CT molecular complexity index is 3960. The van der Waals surface area contributed by atoms with Gasteiger partial charge in [0.2, 0.25) is 0 Å². The van der Waals surface area contributed by atoms with Crippen molar-refractivity contribution >= 4 is 126 Å². The van der Waals surface area contributed by atoms with Gasteiger partial charge in [-0.25, -0.2) is 0 Å². The molecule has 6 heterocycles. The zero-order chi connectivity index (χ0) is 41.6. The van der Waals surface area contributed by atoms with Gasteiger partial charge in [0.15, 0.2) is 0 Å². The summed E-state index contributed by atoms with van der Waals surface area (Å²) in [6, 6.07) is 52.1. The minimum atomic E-state index is -0.177. The third-order valence-corrected chi connectivity index (χ3v) is 15.2. The third kappa shape index (κ3) is 4.42. The number of thiophene rings is 1. The lowest BCUT2D eigenvalue weighted by Gasteiger charge is -2.42. The van der Waals surface area contributed by atoms with E-state index in [0.29, 0.717) is 0 Å². The molecule has 0 N–H and O–H groups in total. The van der Waals surface area contributed by atoms with Gasteiger partial charge >= 0.3 is 6.85 Å².